The molecule has 0 saturated heterocycles. The fourth-order valence-electron chi connectivity index (χ4n) is 9.60. The number of rotatable bonds is 50. The van der Waals surface area contributed by atoms with Crippen LogP contribution >= 0.6 is 0 Å². The molecule has 2 aromatic carbocycles. The summed E-state index contributed by atoms with van der Waals surface area (Å²) >= 11 is 0. The van der Waals surface area contributed by atoms with Gasteiger partial charge in [-0.3, -0.25) is 0 Å². The highest BCUT2D eigenvalue weighted by Crippen LogP contribution is 2.43. The lowest BCUT2D eigenvalue weighted by molar-refractivity contribution is -0.0186. The van der Waals surface area contributed by atoms with Gasteiger partial charge in [-0.2, -0.15) is 0 Å². The minimum atomic E-state index is -1.85. The Kier molecular flexibility index (Phi) is 38.6. The molecule has 0 aliphatic heterocycles. The second kappa shape index (κ2) is 42.0. The van der Waals surface area contributed by atoms with Crippen LogP contribution in [0.4, 0.5) is 0 Å². The molecule has 0 fully saturated rings. The van der Waals surface area contributed by atoms with Crippen molar-refractivity contribution in [2.24, 2.45) is 0 Å². The third-order valence-corrected chi connectivity index (χ3v) is 25.2. The van der Waals surface area contributed by atoms with Crippen molar-refractivity contribution in [3.63, 3.8) is 0 Å². The van der Waals surface area contributed by atoms with E-state index in [1.54, 1.807) is 0 Å². The quantitative estimate of drug-likeness (QED) is 0.0458. The Morgan fingerprint density at radius 2 is 0.438 bits per heavy atom. The van der Waals surface area contributed by atoms with Crippen molar-refractivity contribution in [1.29, 1.82) is 0 Å². The average molecular weight is 1070 g/mol. The molecular formula is C56H102O15Si2. The van der Waals surface area contributed by atoms with Gasteiger partial charge in [-0.15, -0.1) is 0 Å². The molecule has 0 heterocycles. The molecule has 2 aromatic rings. The Bertz CT molecular complexity index is 1510. The van der Waals surface area contributed by atoms with Crippen molar-refractivity contribution in [1.82, 2.24) is 0 Å². The van der Waals surface area contributed by atoms with E-state index in [4.69, 9.17) is 70.4 Å². The zero-order chi connectivity index (χ0) is 53.4. The third kappa shape index (κ3) is 28.8. The van der Waals surface area contributed by atoms with E-state index in [0.29, 0.717) is 205 Å². The standard InChI is InChI=1S/C56H102O15Si2/c1-47(2)72(48(3)4,49(5)6)70-43-39-64-31-28-61-34-36-67-46-54-15-13-53(14-16-54)45-66-35-33-60-26-25-58-22-21-57-23-24-59-27-29-62-37-41-68-55-17-19-56(20-18-55)69-42-38-63-30-32-65-40-44-71-73(50(7)8,51(9)10)52(11)12/h13-20,47-52H,21-46H2,1-12H3. The Hall–Kier alpha value is -2.05. The maximum absolute atomic E-state index is 6.54. The second-order valence-electron chi connectivity index (χ2n) is 19.9. The van der Waals surface area contributed by atoms with Gasteiger partial charge >= 0.3 is 0 Å². The van der Waals surface area contributed by atoms with Gasteiger partial charge in [0.15, 0.2) is 16.6 Å². The molecule has 0 bridgehead atoms. The molecule has 424 valence electrons. The summed E-state index contributed by atoms with van der Waals surface area (Å²) in [4.78, 5) is 0. The van der Waals surface area contributed by atoms with Crippen LogP contribution in [0.1, 0.15) is 94.2 Å². The van der Waals surface area contributed by atoms with Crippen molar-refractivity contribution < 1.29 is 70.4 Å². The normalized spacial score (nSPS) is 12.5. The van der Waals surface area contributed by atoms with E-state index in [1.165, 1.54) is 0 Å². The molecule has 0 radical (unpaired) electrons. The van der Waals surface area contributed by atoms with Crippen LogP contribution in [-0.2, 0) is 74.2 Å². The minimum Gasteiger partial charge on any atom is -0.491 e. The Balaban J connectivity index is 1.29. The molecule has 0 spiro atoms. The van der Waals surface area contributed by atoms with Crippen LogP contribution < -0.4 is 9.47 Å². The van der Waals surface area contributed by atoms with Gasteiger partial charge in [0.2, 0.25) is 0 Å². The molecular weight excluding hydrogens is 969 g/mol. The molecule has 0 aliphatic rings. The first-order valence-electron chi connectivity index (χ1n) is 27.3. The Morgan fingerprint density at radius 3 is 0.658 bits per heavy atom. The largest absolute Gasteiger partial charge is 0.491 e. The monoisotopic (exact) mass is 1070 g/mol. The van der Waals surface area contributed by atoms with Crippen molar-refractivity contribution in [2.75, 3.05) is 159 Å². The van der Waals surface area contributed by atoms with E-state index < -0.39 is 16.6 Å². The van der Waals surface area contributed by atoms with E-state index in [-0.39, 0.29) is 0 Å². The molecule has 2 rings (SSSR count). The summed E-state index contributed by atoms with van der Waals surface area (Å²) in [5.74, 6) is 1.52. The number of benzene rings is 2. The maximum atomic E-state index is 6.54. The van der Waals surface area contributed by atoms with E-state index in [2.05, 4.69) is 107 Å². The van der Waals surface area contributed by atoms with Gasteiger partial charge in [0.25, 0.3) is 0 Å². The molecule has 15 nitrogen and oxygen atoms in total. The summed E-state index contributed by atoms with van der Waals surface area (Å²) in [6.07, 6.45) is 0. The van der Waals surface area contributed by atoms with Gasteiger partial charge in [-0.05, 0) is 68.6 Å². The van der Waals surface area contributed by atoms with E-state index in [0.717, 1.165) is 22.6 Å². The summed E-state index contributed by atoms with van der Waals surface area (Å²) in [5.41, 5.74) is 5.65. The number of hydrogen-bond acceptors (Lipinski definition) is 15. The zero-order valence-electron chi connectivity index (χ0n) is 47.6. The lowest BCUT2D eigenvalue weighted by Gasteiger charge is -2.42. The van der Waals surface area contributed by atoms with Crippen LogP contribution in [0.15, 0.2) is 48.5 Å². The first-order valence-corrected chi connectivity index (χ1v) is 31.6. The smallest absolute Gasteiger partial charge is 0.200 e. The first kappa shape index (κ1) is 67.1. The molecule has 0 unspecified atom stereocenters. The highest BCUT2D eigenvalue weighted by atomic mass is 28.4. The van der Waals surface area contributed by atoms with Crippen LogP contribution in [0.5, 0.6) is 11.5 Å². The van der Waals surface area contributed by atoms with Crippen molar-refractivity contribution in [3.8, 4) is 11.5 Å². The summed E-state index contributed by atoms with van der Waals surface area (Å²) in [7, 11) is -3.68. The van der Waals surface area contributed by atoms with Gasteiger partial charge in [0, 0.05) is 0 Å². The molecule has 0 aliphatic carbocycles. The van der Waals surface area contributed by atoms with Gasteiger partial charge in [-0.1, -0.05) is 107 Å². The predicted molar refractivity (Wildman–Crippen MR) is 295 cm³/mol. The molecule has 73 heavy (non-hydrogen) atoms. The highest BCUT2D eigenvalue weighted by molar-refractivity contribution is 6.78. The molecule has 17 heteroatoms. The van der Waals surface area contributed by atoms with E-state index in [1.807, 2.05) is 24.3 Å². The van der Waals surface area contributed by atoms with Gasteiger partial charge in [0.1, 0.15) is 24.7 Å². The summed E-state index contributed by atoms with van der Waals surface area (Å²) < 4.78 is 87.1. The first-order chi connectivity index (χ1) is 35.3. The summed E-state index contributed by atoms with van der Waals surface area (Å²) in [6.45, 7) is 41.2. The topological polar surface area (TPSA) is 138 Å². The van der Waals surface area contributed by atoms with E-state index >= 15 is 0 Å². The fraction of sp³-hybridized carbons (Fsp3) is 0.786. The second-order valence-corrected chi connectivity index (χ2v) is 30.9. The molecule has 0 aromatic heterocycles. The highest BCUT2D eigenvalue weighted by Gasteiger charge is 2.45. The minimum absolute atomic E-state index is 0.443. The maximum Gasteiger partial charge on any atom is 0.200 e. The van der Waals surface area contributed by atoms with Crippen LogP contribution in [0.2, 0.25) is 33.2 Å². The molecule has 0 saturated carbocycles. The van der Waals surface area contributed by atoms with Crippen LogP contribution in [0.25, 0.3) is 0 Å². The van der Waals surface area contributed by atoms with E-state index in [9.17, 15) is 0 Å². The molecule has 0 N–H and O–H groups in total. The van der Waals surface area contributed by atoms with Crippen molar-refractivity contribution >= 4 is 16.6 Å². The van der Waals surface area contributed by atoms with Crippen molar-refractivity contribution in [3.05, 3.63) is 59.7 Å². The lowest BCUT2D eigenvalue weighted by atomic mass is 10.1. The van der Waals surface area contributed by atoms with Gasteiger partial charge < -0.3 is 70.4 Å². The zero-order valence-corrected chi connectivity index (χ0v) is 49.6. The Morgan fingerprint density at radius 1 is 0.247 bits per heavy atom. The molecule has 0 atom stereocenters. The van der Waals surface area contributed by atoms with Crippen LogP contribution in [0.3, 0.4) is 0 Å². The van der Waals surface area contributed by atoms with Crippen LogP contribution in [-0.4, -0.2) is 175 Å². The average Bonchev–Trinajstić information content (AvgIpc) is 3.35. The van der Waals surface area contributed by atoms with Gasteiger partial charge in [0.05, 0.1) is 159 Å². The SMILES string of the molecule is CC(C)[Si](OCCOCCOCCOCc1ccc(COCCOCCOCCOCCOCCOCCOc2ccc(OCCOCCOCCO[Si](C(C)C)(C(C)C)C(C)C)cc2)cc1)(C(C)C)C(C)C. The molecule has 0 amide bonds. The number of ether oxygens (including phenoxy) is 13. The predicted octanol–water partition coefficient (Wildman–Crippen LogP) is 10.7. The summed E-state index contributed by atoms with van der Waals surface area (Å²) in [6, 6.07) is 15.8. The Labute approximate surface area is 444 Å². The summed E-state index contributed by atoms with van der Waals surface area (Å²) in [5, 5.41) is 0. The fourth-order valence-corrected chi connectivity index (χ4v) is 20.5. The van der Waals surface area contributed by atoms with Gasteiger partial charge in [-0.25, -0.2) is 0 Å². The third-order valence-electron chi connectivity index (χ3n) is 12.9. The number of hydrogen-bond donors (Lipinski definition) is 0. The lowest BCUT2D eigenvalue weighted by Crippen LogP contribution is -2.48. The van der Waals surface area contributed by atoms with Crippen molar-refractivity contribution in [2.45, 2.75) is 130 Å². The van der Waals surface area contributed by atoms with Crippen LogP contribution in [0, 0.1) is 0 Å².